The van der Waals surface area contributed by atoms with E-state index in [9.17, 15) is 9.59 Å². The van der Waals surface area contributed by atoms with Crippen molar-refractivity contribution in [3.05, 3.63) is 111 Å². The minimum Gasteiger partial charge on any atom is -0.399 e. The Morgan fingerprint density at radius 1 is 0.919 bits per heavy atom. The van der Waals surface area contributed by atoms with Gasteiger partial charge in [0.25, 0.3) is 11.5 Å². The van der Waals surface area contributed by atoms with Gasteiger partial charge in [0.05, 0.1) is 24.4 Å². The Bertz CT molecular complexity index is 1490. The molecule has 4 rings (SSSR count). The first kappa shape index (κ1) is 25.7. The first-order valence-corrected chi connectivity index (χ1v) is 11.5. The standard InChI is InChI=1S/C27H26N4O6/c28-22-10-6-19(7-11-22)4-2-1-3-5-21-18-24-25(30(26(21)32)15-17-37-35)29-31(27(24)33)23-12-8-20(9-13-23)14-16-36-34/h1-13,18,34-35H,14-17,28H2/b3-1-,4-2+,21-5-. The Labute approximate surface area is 212 Å². The van der Waals surface area contributed by atoms with Crippen LogP contribution in [0.15, 0.2) is 82.7 Å². The molecule has 1 aromatic heterocycles. The molecule has 3 aromatic rings. The van der Waals surface area contributed by atoms with Crippen LogP contribution >= 0.6 is 0 Å². The van der Waals surface area contributed by atoms with E-state index >= 15 is 0 Å². The lowest BCUT2D eigenvalue weighted by atomic mass is 10.1. The molecule has 10 nitrogen and oxygen atoms in total. The highest BCUT2D eigenvalue weighted by Gasteiger charge is 2.27. The molecule has 37 heavy (non-hydrogen) atoms. The molecule has 0 fully saturated rings. The van der Waals surface area contributed by atoms with Crippen LogP contribution in [0.2, 0.25) is 0 Å². The highest BCUT2D eigenvalue weighted by atomic mass is 17.1. The normalized spacial score (nSPS) is 13.6. The number of hydrogen-bond donors (Lipinski definition) is 3. The number of nitrogens with two attached hydrogens (primary N) is 1. The summed E-state index contributed by atoms with van der Waals surface area (Å²) in [5.74, 6) is -0.387. The molecule has 0 aliphatic carbocycles. The fourth-order valence-electron chi connectivity index (χ4n) is 3.80. The molecular formula is C27H26N4O6. The number of rotatable bonds is 10. The summed E-state index contributed by atoms with van der Waals surface area (Å²) >= 11 is 0. The van der Waals surface area contributed by atoms with E-state index in [1.807, 2.05) is 36.4 Å². The number of nitrogens with zero attached hydrogens (tertiary/aromatic N) is 3. The number of allylic oxidation sites excluding steroid dienone is 3. The van der Waals surface area contributed by atoms with Gasteiger partial charge < -0.3 is 5.73 Å². The Kier molecular flexibility index (Phi) is 8.39. The highest BCUT2D eigenvalue weighted by molar-refractivity contribution is 6.07. The van der Waals surface area contributed by atoms with E-state index in [1.54, 1.807) is 42.5 Å². The van der Waals surface area contributed by atoms with Gasteiger partial charge in [0, 0.05) is 10.9 Å². The number of benzene rings is 2. The molecule has 4 N–H and O–H groups in total. The van der Waals surface area contributed by atoms with Gasteiger partial charge in [-0.2, -0.15) is 5.01 Å². The molecule has 2 aromatic carbocycles. The van der Waals surface area contributed by atoms with Crippen molar-refractivity contribution in [2.75, 3.05) is 24.0 Å². The van der Waals surface area contributed by atoms with E-state index in [-0.39, 0.29) is 42.3 Å². The second-order valence-electron chi connectivity index (χ2n) is 8.17. The van der Waals surface area contributed by atoms with E-state index < -0.39 is 0 Å². The Hall–Kier alpha value is -4.35. The number of anilines is 2. The third kappa shape index (κ3) is 6.08. The van der Waals surface area contributed by atoms with Gasteiger partial charge in [-0.15, -0.1) is 5.10 Å². The monoisotopic (exact) mass is 502 g/mol. The van der Waals surface area contributed by atoms with Crippen molar-refractivity contribution in [2.45, 2.75) is 13.0 Å². The smallest absolute Gasteiger partial charge is 0.282 e. The molecule has 0 bridgehead atoms. The molecule has 1 aliphatic rings. The molecule has 1 amide bonds. The summed E-state index contributed by atoms with van der Waals surface area (Å²) in [7, 11) is 0. The summed E-state index contributed by atoms with van der Waals surface area (Å²) in [6, 6.07) is 16.0. The van der Waals surface area contributed by atoms with Gasteiger partial charge in [-0.25, -0.2) is 9.78 Å². The van der Waals surface area contributed by atoms with Crippen molar-refractivity contribution in [1.29, 1.82) is 0 Å². The van der Waals surface area contributed by atoms with Crippen molar-refractivity contribution in [3.63, 3.8) is 0 Å². The van der Waals surface area contributed by atoms with E-state index in [0.29, 0.717) is 23.0 Å². The minimum absolute atomic E-state index is 0.00478. The van der Waals surface area contributed by atoms with Crippen molar-refractivity contribution in [2.24, 2.45) is 5.10 Å². The topological polar surface area (TPSA) is 140 Å². The van der Waals surface area contributed by atoms with E-state index in [1.165, 1.54) is 15.6 Å². The lowest BCUT2D eigenvalue weighted by Gasteiger charge is -2.12. The summed E-state index contributed by atoms with van der Waals surface area (Å²) in [5, 5.41) is 23.3. The second kappa shape index (κ2) is 12.1. The number of nitrogen functional groups attached to an aromatic ring is 1. The van der Waals surface area contributed by atoms with Crippen LogP contribution in [0.5, 0.6) is 0 Å². The summed E-state index contributed by atoms with van der Waals surface area (Å²) in [4.78, 5) is 34.7. The van der Waals surface area contributed by atoms with E-state index in [2.05, 4.69) is 14.9 Å². The molecule has 10 heteroatoms. The molecule has 0 unspecified atom stereocenters. The lowest BCUT2D eigenvalue weighted by Crippen LogP contribution is -2.44. The fraction of sp³-hybridized carbons (Fsp3) is 0.148. The van der Waals surface area contributed by atoms with Gasteiger partial charge in [-0.3, -0.25) is 24.7 Å². The number of pyridine rings is 1. The van der Waals surface area contributed by atoms with Crippen LogP contribution in [-0.2, 0) is 22.7 Å². The molecule has 0 saturated carbocycles. The predicted octanol–water partition coefficient (Wildman–Crippen LogP) is 2.20. The number of fused-ring (bicyclic) bond motifs is 1. The minimum atomic E-state index is -0.387. The fourth-order valence-corrected chi connectivity index (χ4v) is 3.80. The summed E-state index contributed by atoms with van der Waals surface area (Å²) < 4.78 is 1.31. The van der Waals surface area contributed by atoms with Crippen LogP contribution in [0.25, 0.3) is 12.2 Å². The maximum absolute atomic E-state index is 13.2. The molecule has 190 valence electrons. The third-order valence-corrected chi connectivity index (χ3v) is 5.70. The van der Waals surface area contributed by atoms with Crippen molar-refractivity contribution >= 4 is 29.4 Å². The average molecular weight is 503 g/mol. The second-order valence-corrected chi connectivity index (χ2v) is 8.17. The summed E-state index contributed by atoms with van der Waals surface area (Å²) in [6.07, 6.45) is 9.31. The summed E-state index contributed by atoms with van der Waals surface area (Å²) in [5.41, 5.74) is 8.86. The van der Waals surface area contributed by atoms with Crippen molar-refractivity contribution in [3.8, 4) is 0 Å². The van der Waals surface area contributed by atoms with Gasteiger partial charge in [0.1, 0.15) is 6.61 Å². The molecular weight excluding hydrogens is 476 g/mol. The largest absolute Gasteiger partial charge is 0.399 e. The van der Waals surface area contributed by atoms with Crippen LogP contribution in [0.4, 0.5) is 11.4 Å². The van der Waals surface area contributed by atoms with Crippen LogP contribution in [-0.4, -0.2) is 34.2 Å². The van der Waals surface area contributed by atoms with Gasteiger partial charge >= 0.3 is 0 Å². The number of aromatic nitrogens is 1. The Morgan fingerprint density at radius 3 is 2.35 bits per heavy atom. The Balaban J connectivity index is 1.64. The zero-order chi connectivity index (χ0) is 26.2. The maximum Gasteiger partial charge on any atom is 0.282 e. The number of carbonyl (C=O) groups excluding carboxylic acids is 1. The average Bonchev–Trinajstić information content (AvgIpc) is 3.24. The quantitative estimate of drug-likeness (QED) is 0.167. The molecule has 0 saturated heterocycles. The molecule has 0 atom stereocenters. The third-order valence-electron chi connectivity index (χ3n) is 5.70. The lowest BCUT2D eigenvalue weighted by molar-refractivity contribution is -0.244. The van der Waals surface area contributed by atoms with Crippen LogP contribution in [0, 0.1) is 0 Å². The first-order chi connectivity index (χ1) is 18.0. The van der Waals surface area contributed by atoms with Gasteiger partial charge in [0.2, 0.25) is 0 Å². The summed E-state index contributed by atoms with van der Waals surface area (Å²) in [6.45, 7) is 0.00797. The molecule has 0 radical (unpaired) electrons. The predicted molar refractivity (Wildman–Crippen MR) is 139 cm³/mol. The van der Waals surface area contributed by atoms with Gasteiger partial charge in [0.15, 0.2) is 5.49 Å². The van der Waals surface area contributed by atoms with Crippen LogP contribution < -0.4 is 27.0 Å². The van der Waals surface area contributed by atoms with Crippen molar-refractivity contribution in [1.82, 2.24) is 4.57 Å². The number of amides is 1. The number of hydrogen-bond acceptors (Lipinski definition) is 8. The molecule has 0 spiro atoms. The zero-order valence-electron chi connectivity index (χ0n) is 19.9. The van der Waals surface area contributed by atoms with Gasteiger partial charge in [-0.05, 0) is 54.0 Å². The maximum atomic E-state index is 13.2. The zero-order valence-corrected chi connectivity index (χ0v) is 19.9. The van der Waals surface area contributed by atoms with E-state index in [0.717, 1.165) is 11.1 Å². The first-order valence-electron chi connectivity index (χ1n) is 11.5. The SMILES string of the molecule is Nc1ccc(/C=C/C=C\C=c2\cc3c(n(CCOO)c2=O)=NN(c2ccc(CCOO)cc2)C3=O)cc1. The van der Waals surface area contributed by atoms with Crippen LogP contribution in [0.1, 0.15) is 21.5 Å². The highest BCUT2D eigenvalue weighted by Crippen LogP contribution is 2.20. The van der Waals surface area contributed by atoms with Gasteiger partial charge in [-0.1, -0.05) is 48.6 Å². The Morgan fingerprint density at radius 2 is 1.65 bits per heavy atom. The molecule has 1 aliphatic heterocycles. The van der Waals surface area contributed by atoms with Crippen molar-refractivity contribution < 1.29 is 25.1 Å². The molecule has 2 heterocycles. The van der Waals surface area contributed by atoms with Crippen LogP contribution in [0.3, 0.4) is 0 Å². The van der Waals surface area contributed by atoms with E-state index in [4.69, 9.17) is 16.2 Å². The number of carbonyl (C=O) groups is 1.